The third-order valence-corrected chi connectivity index (χ3v) is 11.4. The molecule has 0 atom stereocenters. The van der Waals surface area contributed by atoms with Crippen molar-refractivity contribution in [2.24, 2.45) is 29.1 Å². The molecule has 0 unspecified atom stereocenters. The van der Waals surface area contributed by atoms with Gasteiger partial charge in [-0.25, -0.2) is 24.1 Å². The second kappa shape index (κ2) is 16.0. The van der Waals surface area contributed by atoms with E-state index in [1.165, 1.54) is 0 Å². The topological polar surface area (TPSA) is 128 Å². The fraction of sp³-hybridized carbons (Fsp3) is 0.0769. The Balaban J connectivity index is 1.17. The number of nitrogens with zero attached hydrogens (tertiary/aromatic N) is 7. The predicted molar refractivity (Wildman–Crippen MR) is 247 cm³/mol. The van der Waals surface area contributed by atoms with Crippen LogP contribution in [0.1, 0.15) is 38.4 Å². The van der Waals surface area contributed by atoms with Crippen LogP contribution in [0, 0.1) is 0 Å². The van der Waals surface area contributed by atoms with E-state index in [1.807, 2.05) is 109 Å². The molecule has 0 spiro atoms. The molecule has 0 radical (unpaired) electrons. The van der Waals surface area contributed by atoms with Crippen molar-refractivity contribution >= 4 is 51.1 Å². The number of hydrogen-bond acceptors (Lipinski definition) is 6. The number of pyridine rings is 2. The molecule has 306 valence electrons. The Bertz CT molecular complexity index is 3120. The van der Waals surface area contributed by atoms with Crippen LogP contribution in [0.5, 0.6) is 5.75 Å². The number of amides is 1. The number of quaternary nitrogens is 1. The SMILES string of the molecule is COc1cc([NH3+])ccc1C(=O)Nc1ccc(C2=C3C=CC(=N3)C(c3cc[n+](C)cc3)=C3C=CC(=N3)C(=C3C=CN(C)C=C3)C3=NC(=C(c4cc[n+](C)cc4)c4ccc2[n-]4)C=C3)cc1. The number of benzene rings is 2. The number of ether oxygens (including phenoxy) is 1. The highest BCUT2D eigenvalue weighted by Crippen LogP contribution is 2.38. The Labute approximate surface area is 365 Å². The number of methoxy groups -OCH3 is 1. The number of nitrogens with one attached hydrogen (secondary N) is 1. The molecule has 2 aromatic carbocycles. The van der Waals surface area contributed by atoms with Crippen LogP contribution in [-0.4, -0.2) is 42.1 Å². The summed E-state index contributed by atoms with van der Waals surface area (Å²) in [5.41, 5.74) is 19.4. The molecule has 5 aliphatic heterocycles. The maximum atomic E-state index is 13.4. The van der Waals surface area contributed by atoms with Gasteiger partial charge < -0.3 is 25.7 Å². The van der Waals surface area contributed by atoms with Gasteiger partial charge in [-0.05, 0) is 106 Å². The van der Waals surface area contributed by atoms with Crippen LogP contribution in [0.25, 0.3) is 16.7 Å². The van der Waals surface area contributed by atoms with E-state index in [2.05, 4.69) is 83.9 Å². The monoisotopic (exact) mass is 825 g/mol. The summed E-state index contributed by atoms with van der Waals surface area (Å²) < 4.78 is 9.51. The van der Waals surface area contributed by atoms with E-state index >= 15 is 0 Å². The first-order valence-corrected chi connectivity index (χ1v) is 20.5. The van der Waals surface area contributed by atoms with Gasteiger partial charge in [0.15, 0.2) is 24.8 Å². The minimum atomic E-state index is -0.284. The lowest BCUT2D eigenvalue weighted by atomic mass is 9.97. The molecular formula is C52H43N9O2+2. The van der Waals surface area contributed by atoms with Gasteiger partial charge in [0.25, 0.3) is 5.91 Å². The van der Waals surface area contributed by atoms with Crippen molar-refractivity contribution < 1.29 is 24.4 Å². The number of rotatable bonds is 6. The number of fused-ring (bicyclic) bond motifs is 5. The quantitative estimate of drug-likeness (QED) is 0.186. The number of anilines is 1. The predicted octanol–water partition coefficient (Wildman–Crippen LogP) is 6.67. The Kier molecular flexibility index (Phi) is 9.85. The molecule has 0 fully saturated rings. The van der Waals surface area contributed by atoms with E-state index in [-0.39, 0.29) is 5.91 Å². The first-order valence-electron chi connectivity index (χ1n) is 20.5. The van der Waals surface area contributed by atoms with E-state index in [4.69, 9.17) is 24.7 Å². The Morgan fingerprint density at radius 3 is 1.65 bits per heavy atom. The van der Waals surface area contributed by atoms with Crippen LogP contribution in [0.3, 0.4) is 0 Å². The van der Waals surface area contributed by atoms with Crippen molar-refractivity contribution in [2.75, 3.05) is 19.5 Å². The molecule has 1 amide bonds. The van der Waals surface area contributed by atoms with Crippen molar-refractivity contribution in [3.05, 3.63) is 227 Å². The third kappa shape index (κ3) is 7.47. The Morgan fingerprint density at radius 1 is 0.619 bits per heavy atom. The highest BCUT2D eigenvalue weighted by atomic mass is 16.5. The maximum Gasteiger partial charge on any atom is 0.259 e. The molecule has 11 nitrogen and oxygen atoms in total. The molecule has 63 heavy (non-hydrogen) atoms. The summed E-state index contributed by atoms with van der Waals surface area (Å²) >= 11 is 0. The summed E-state index contributed by atoms with van der Waals surface area (Å²) in [7, 11) is 7.56. The average Bonchev–Trinajstić information content (AvgIpc) is 4.14. The van der Waals surface area contributed by atoms with Crippen molar-refractivity contribution in [1.29, 1.82) is 0 Å². The van der Waals surface area contributed by atoms with Crippen LogP contribution >= 0.6 is 0 Å². The number of carbonyl (C=O) groups excluding carboxylic acids is 1. The van der Waals surface area contributed by atoms with Crippen molar-refractivity contribution in [3.8, 4) is 5.75 Å². The number of carbonyl (C=O) groups is 1. The number of hydrogen-bond donors (Lipinski definition) is 2. The normalized spacial score (nSPS) is 16.4. The summed E-state index contributed by atoms with van der Waals surface area (Å²) in [6.45, 7) is 0. The highest BCUT2D eigenvalue weighted by Gasteiger charge is 2.26. The number of aryl methyl sites for hydroxylation is 2. The lowest BCUT2D eigenvalue weighted by Crippen LogP contribution is -2.40. The van der Waals surface area contributed by atoms with E-state index in [1.54, 1.807) is 25.3 Å². The number of allylic oxidation sites excluding steroid dienone is 11. The summed E-state index contributed by atoms with van der Waals surface area (Å²) in [6, 6.07) is 25.5. The first-order chi connectivity index (χ1) is 30.7. The van der Waals surface area contributed by atoms with Crippen LogP contribution in [-0.2, 0) is 14.1 Å². The minimum absolute atomic E-state index is 0.284. The zero-order valence-electron chi connectivity index (χ0n) is 35.2. The lowest BCUT2D eigenvalue weighted by molar-refractivity contribution is -0.671. The van der Waals surface area contributed by atoms with E-state index in [9.17, 15) is 4.79 Å². The molecule has 0 saturated carbocycles. The van der Waals surface area contributed by atoms with Crippen molar-refractivity contribution in [2.45, 2.75) is 0 Å². The van der Waals surface area contributed by atoms with Crippen LogP contribution in [0.2, 0.25) is 0 Å². The maximum absolute atomic E-state index is 13.4. The van der Waals surface area contributed by atoms with Gasteiger partial charge >= 0.3 is 0 Å². The van der Waals surface area contributed by atoms with Crippen molar-refractivity contribution in [3.63, 3.8) is 0 Å². The zero-order chi connectivity index (χ0) is 43.2. The van der Waals surface area contributed by atoms with Gasteiger partial charge in [-0.2, -0.15) is 0 Å². The summed E-state index contributed by atoms with van der Waals surface area (Å²) in [5, 5.41) is 3.03. The fourth-order valence-electron chi connectivity index (χ4n) is 8.12. The largest absolute Gasteiger partial charge is 0.657 e. The highest BCUT2D eigenvalue weighted by molar-refractivity contribution is 6.36. The second-order valence-electron chi connectivity index (χ2n) is 15.7. The van der Waals surface area contributed by atoms with Gasteiger partial charge in [0.1, 0.15) is 25.5 Å². The number of aromatic nitrogens is 3. The van der Waals surface area contributed by atoms with Crippen LogP contribution in [0.15, 0.2) is 208 Å². The van der Waals surface area contributed by atoms with E-state index in [0.29, 0.717) is 17.0 Å². The summed E-state index contributed by atoms with van der Waals surface area (Å²) in [5.74, 6) is 0.175. The van der Waals surface area contributed by atoms with Gasteiger partial charge in [0, 0.05) is 66.6 Å². The average molecular weight is 826 g/mol. The van der Waals surface area contributed by atoms with Crippen LogP contribution < -0.4 is 29.9 Å². The molecule has 5 aliphatic rings. The molecule has 11 heteroatoms. The van der Waals surface area contributed by atoms with Crippen molar-refractivity contribution in [1.82, 2.24) is 9.88 Å². The lowest BCUT2D eigenvalue weighted by Gasteiger charge is -2.19. The standard InChI is InChI=1S/C52H41N9O2/c1-59-25-19-33(20-26-59)49-41-13-11-39(55-41)48(32-5-8-37(9-6-32)54-52(62)38-10-7-36(53)31-47(38)63-4)40-12-14-42(56-40)50(34-21-27-60(2)28-22-34)44-16-18-46(58-44)51(45-17-15-43(49)57-45)35-23-29-61(3)30-24-35/h5-31H,1-4H3,(H2-2,53,54,55,56,57,58,62)/p+2. The smallest absolute Gasteiger partial charge is 0.259 e. The molecule has 4 N–H and O–H groups in total. The molecule has 3 aromatic heterocycles. The van der Waals surface area contributed by atoms with Gasteiger partial charge in [-0.3, -0.25) is 4.79 Å². The van der Waals surface area contributed by atoms with Gasteiger partial charge in [0.05, 0.1) is 46.9 Å². The molecule has 5 aromatic rings. The Hall–Kier alpha value is -8.28. The molecule has 0 aliphatic carbocycles. The summed E-state index contributed by atoms with van der Waals surface area (Å²) in [6.07, 6.45) is 28.8. The number of aliphatic imine (C=N–C) groups is 3. The molecule has 8 heterocycles. The van der Waals surface area contributed by atoms with Gasteiger partial charge in [-0.1, -0.05) is 24.3 Å². The molecule has 0 saturated heterocycles. The van der Waals surface area contributed by atoms with Gasteiger partial charge in [-0.15, -0.1) is 11.4 Å². The van der Waals surface area contributed by atoms with E-state index < -0.39 is 0 Å². The zero-order valence-corrected chi connectivity index (χ0v) is 35.2. The Morgan fingerprint density at radius 2 is 1.11 bits per heavy atom. The van der Waals surface area contributed by atoms with Gasteiger partial charge in [0.2, 0.25) is 0 Å². The molecular weight excluding hydrogens is 783 g/mol. The van der Waals surface area contributed by atoms with Crippen LogP contribution in [0.4, 0.5) is 11.4 Å². The molecule has 8 bridgehead atoms. The fourth-order valence-corrected chi connectivity index (χ4v) is 8.12. The minimum Gasteiger partial charge on any atom is -0.657 e. The van der Waals surface area contributed by atoms with E-state index in [0.717, 1.165) is 95.9 Å². The molecule has 10 rings (SSSR count). The third-order valence-electron chi connectivity index (χ3n) is 11.4. The summed E-state index contributed by atoms with van der Waals surface area (Å²) in [4.78, 5) is 37.0. The second-order valence-corrected chi connectivity index (χ2v) is 15.7. The first kappa shape index (κ1) is 38.9.